The van der Waals surface area contributed by atoms with E-state index in [-0.39, 0.29) is 20.2 Å². The Morgan fingerprint density at radius 1 is 0.833 bits per heavy atom. The first-order valence-corrected chi connectivity index (χ1v) is 3.86. The minimum atomic E-state index is -0.142. The molecule has 1 fully saturated rings. The normalized spacial score (nSPS) is 23.2. The van der Waals surface area contributed by atoms with Crippen LogP contribution in [-0.2, 0) is 0 Å². The molecule has 1 saturated heterocycles. The summed E-state index contributed by atoms with van der Waals surface area (Å²) in [6.07, 6.45) is 0. The lowest BCUT2D eigenvalue weighted by atomic mass is 10.5. The summed E-state index contributed by atoms with van der Waals surface area (Å²) in [6.45, 7) is 1.52. The van der Waals surface area contributed by atoms with Crippen LogP contribution in [-0.4, -0.2) is 70.2 Å². The van der Waals surface area contributed by atoms with Gasteiger partial charge in [-0.25, -0.2) is 10.0 Å². The molecule has 0 aromatic heterocycles. The molecule has 0 radical (unpaired) electrons. The number of nitrogens with zero attached hydrogens (tertiary/aromatic N) is 3. The third kappa shape index (κ3) is 2.13. The molecular formula is C6H15N3O3. The van der Waals surface area contributed by atoms with Gasteiger partial charge in [-0.2, -0.15) is 0 Å². The molecule has 0 spiro atoms. The van der Waals surface area contributed by atoms with E-state index < -0.39 is 0 Å². The molecular weight excluding hydrogens is 162 g/mol. The zero-order valence-electron chi connectivity index (χ0n) is 6.93. The molecule has 12 heavy (non-hydrogen) atoms. The van der Waals surface area contributed by atoms with Crippen molar-refractivity contribution in [1.82, 2.24) is 14.9 Å². The summed E-state index contributed by atoms with van der Waals surface area (Å²) in [5.74, 6) is 0. The molecule has 1 aliphatic heterocycles. The molecule has 72 valence electrons. The third-order valence-corrected chi connectivity index (χ3v) is 1.96. The highest BCUT2D eigenvalue weighted by atomic mass is 16.3. The van der Waals surface area contributed by atoms with Crippen LogP contribution in [0.5, 0.6) is 0 Å². The van der Waals surface area contributed by atoms with Crippen molar-refractivity contribution >= 4 is 0 Å². The third-order valence-electron chi connectivity index (χ3n) is 1.96. The van der Waals surface area contributed by atoms with E-state index in [1.807, 2.05) is 0 Å². The van der Waals surface area contributed by atoms with Crippen molar-refractivity contribution in [3.63, 3.8) is 0 Å². The number of hydrogen-bond donors (Lipinski definition) is 3. The van der Waals surface area contributed by atoms with E-state index >= 15 is 0 Å². The van der Waals surface area contributed by atoms with E-state index in [0.29, 0.717) is 19.8 Å². The van der Waals surface area contributed by atoms with Gasteiger partial charge in [0.1, 0.15) is 13.5 Å². The predicted molar refractivity (Wildman–Crippen MR) is 41.4 cm³/mol. The summed E-state index contributed by atoms with van der Waals surface area (Å²) in [4.78, 5) is 1.77. The van der Waals surface area contributed by atoms with E-state index in [1.165, 1.54) is 0 Å². The van der Waals surface area contributed by atoms with Gasteiger partial charge in [-0.15, -0.1) is 0 Å². The smallest absolute Gasteiger partial charge is 0.110 e. The van der Waals surface area contributed by atoms with Gasteiger partial charge in [-0.3, -0.25) is 4.90 Å². The van der Waals surface area contributed by atoms with Crippen LogP contribution < -0.4 is 0 Å². The highest BCUT2D eigenvalue weighted by Gasteiger charge is 2.22. The molecule has 0 amide bonds. The number of aliphatic hydroxyl groups excluding tert-OH is 3. The number of hydrogen-bond acceptors (Lipinski definition) is 6. The first-order valence-electron chi connectivity index (χ1n) is 3.86. The summed E-state index contributed by atoms with van der Waals surface area (Å²) < 4.78 is 0. The number of hydrazine groups is 1. The fourth-order valence-corrected chi connectivity index (χ4v) is 1.20. The van der Waals surface area contributed by atoms with Crippen LogP contribution >= 0.6 is 0 Å². The quantitative estimate of drug-likeness (QED) is 0.447. The molecule has 1 aliphatic rings. The van der Waals surface area contributed by atoms with Gasteiger partial charge in [-0.05, 0) is 0 Å². The summed E-state index contributed by atoms with van der Waals surface area (Å²) in [7, 11) is 0. The largest absolute Gasteiger partial charge is 0.381 e. The van der Waals surface area contributed by atoms with Gasteiger partial charge in [0.25, 0.3) is 0 Å². The molecule has 6 heteroatoms. The van der Waals surface area contributed by atoms with Crippen LogP contribution in [0.25, 0.3) is 0 Å². The first kappa shape index (κ1) is 9.85. The SMILES string of the molecule is OCN1CCN(CO)N(CO)C1. The lowest BCUT2D eigenvalue weighted by Gasteiger charge is -2.40. The molecule has 0 saturated carbocycles. The minimum absolute atomic E-state index is 0.0181. The Morgan fingerprint density at radius 2 is 1.50 bits per heavy atom. The topological polar surface area (TPSA) is 70.4 Å². The number of rotatable bonds is 3. The Kier molecular flexibility index (Phi) is 3.86. The highest BCUT2D eigenvalue weighted by Crippen LogP contribution is 2.04. The number of aliphatic hydroxyl groups is 3. The van der Waals surface area contributed by atoms with E-state index in [2.05, 4.69) is 0 Å². The van der Waals surface area contributed by atoms with Crippen LogP contribution in [0.15, 0.2) is 0 Å². The van der Waals surface area contributed by atoms with E-state index in [1.54, 1.807) is 14.9 Å². The Hall–Kier alpha value is -0.240. The maximum atomic E-state index is 8.87. The molecule has 0 bridgehead atoms. The molecule has 0 unspecified atom stereocenters. The molecule has 0 aromatic rings. The van der Waals surface area contributed by atoms with Gasteiger partial charge in [0, 0.05) is 13.1 Å². The molecule has 0 aromatic carbocycles. The fraction of sp³-hybridized carbons (Fsp3) is 1.00. The van der Waals surface area contributed by atoms with Crippen LogP contribution in [0.2, 0.25) is 0 Å². The molecule has 0 atom stereocenters. The van der Waals surface area contributed by atoms with E-state index in [9.17, 15) is 0 Å². The van der Waals surface area contributed by atoms with Crippen molar-refractivity contribution in [3.8, 4) is 0 Å². The first-order chi connectivity index (χ1) is 5.81. The zero-order chi connectivity index (χ0) is 8.97. The van der Waals surface area contributed by atoms with Crippen LogP contribution in [0, 0.1) is 0 Å². The monoisotopic (exact) mass is 177 g/mol. The molecule has 1 heterocycles. The summed E-state index contributed by atoms with van der Waals surface area (Å²) in [6, 6.07) is 0. The second kappa shape index (κ2) is 4.70. The Balaban J connectivity index is 2.41. The van der Waals surface area contributed by atoms with Crippen molar-refractivity contribution in [1.29, 1.82) is 0 Å². The van der Waals surface area contributed by atoms with Gasteiger partial charge < -0.3 is 15.3 Å². The van der Waals surface area contributed by atoms with Crippen LogP contribution in [0.1, 0.15) is 0 Å². The summed E-state index contributed by atoms with van der Waals surface area (Å²) in [5.41, 5.74) is 0. The minimum Gasteiger partial charge on any atom is -0.381 e. The maximum absolute atomic E-state index is 8.87. The second-order valence-corrected chi connectivity index (χ2v) is 2.70. The van der Waals surface area contributed by atoms with Gasteiger partial charge in [0.2, 0.25) is 0 Å². The van der Waals surface area contributed by atoms with Crippen molar-refractivity contribution in [3.05, 3.63) is 0 Å². The highest BCUT2D eigenvalue weighted by molar-refractivity contribution is 4.62. The molecule has 3 N–H and O–H groups in total. The van der Waals surface area contributed by atoms with Crippen molar-refractivity contribution in [2.24, 2.45) is 0 Å². The second-order valence-electron chi connectivity index (χ2n) is 2.70. The Morgan fingerprint density at radius 3 is 2.00 bits per heavy atom. The predicted octanol–water partition coefficient (Wildman–Crippen LogP) is -2.37. The molecule has 6 nitrogen and oxygen atoms in total. The Labute approximate surface area is 71.2 Å². The van der Waals surface area contributed by atoms with Gasteiger partial charge >= 0.3 is 0 Å². The lowest BCUT2D eigenvalue weighted by Crippen LogP contribution is -2.57. The van der Waals surface area contributed by atoms with Crippen molar-refractivity contribution < 1.29 is 15.3 Å². The average Bonchev–Trinajstić information content (AvgIpc) is 2.16. The summed E-state index contributed by atoms with van der Waals surface area (Å²) in [5, 5.41) is 29.7. The lowest BCUT2D eigenvalue weighted by molar-refractivity contribution is -0.181. The standard InChI is InChI=1S/C6H15N3O3/c10-4-7-1-2-8(5-11)9(3-7)6-12/h10-12H,1-6H2. The summed E-state index contributed by atoms with van der Waals surface area (Å²) >= 11 is 0. The van der Waals surface area contributed by atoms with E-state index in [4.69, 9.17) is 15.3 Å². The average molecular weight is 177 g/mol. The van der Waals surface area contributed by atoms with E-state index in [0.717, 1.165) is 0 Å². The fourth-order valence-electron chi connectivity index (χ4n) is 1.20. The van der Waals surface area contributed by atoms with Crippen LogP contribution in [0.4, 0.5) is 0 Å². The maximum Gasteiger partial charge on any atom is 0.110 e. The van der Waals surface area contributed by atoms with Crippen molar-refractivity contribution in [2.45, 2.75) is 0 Å². The van der Waals surface area contributed by atoms with Gasteiger partial charge in [0.15, 0.2) is 0 Å². The van der Waals surface area contributed by atoms with Crippen molar-refractivity contribution in [2.75, 3.05) is 40.0 Å². The zero-order valence-corrected chi connectivity index (χ0v) is 6.93. The Bertz CT molecular complexity index is 135. The van der Waals surface area contributed by atoms with Gasteiger partial charge in [0.05, 0.1) is 13.4 Å². The van der Waals surface area contributed by atoms with Gasteiger partial charge in [-0.1, -0.05) is 0 Å². The molecule has 0 aliphatic carbocycles. The van der Waals surface area contributed by atoms with Crippen LogP contribution in [0.3, 0.4) is 0 Å². The molecule has 1 rings (SSSR count).